The highest BCUT2D eigenvalue weighted by Gasteiger charge is 2.34. The number of aromatic nitrogens is 1. The van der Waals surface area contributed by atoms with Gasteiger partial charge in [-0.15, -0.1) is 0 Å². The molecule has 0 aliphatic carbocycles. The molecule has 2 heterocycles. The van der Waals surface area contributed by atoms with E-state index >= 15 is 0 Å². The van der Waals surface area contributed by atoms with Gasteiger partial charge in [-0.3, -0.25) is 0 Å². The molecular formula is C14H23N3O. The summed E-state index contributed by atoms with van der Waals surface area (Å²) >= 11 is 0. The van der Waals surface area contributed by atoms with Gasteiger partial charge in [0.25, 0.3) is 0 Å². The molecule has 4 heteroatoms. The molecule has 1 aromatic rings. The second kappa shape index (κ2) is 5.57. The summed E-state index contributed by atoms with van der Waals surface area (Å²) in [6.45, 7) is 5.22. The summed E-state index contributed by atoms with van der Waals surface area (Å²) in [4.78, 5) is 4.30. The molecule has 1 aliphatic heterocycles. The van der Waals surface area contributed by atoms with Crippen molar-refractivity contribution in [2.24, 2.45) is 0 Å². The fraction of sp³-hybridized carbons (Fsp3) is 0.643. The predicted molar refractivity (Wildman–Crippen MR) is 74.6 cm³/mol. The van der Waals surface area contributed by atoms with Crippen molar-refractivity contribution in [3.8, 4) is 0 Å². The van der Waals surface area contributed by atoms with E-state index in [-0.39, 0.29) is 5.60 Å². The fourth-order valence-electron chi connectivity index (χ4n) is 2.63. The number of nitrogens with zero attached hydrogens (tertiary/aromatic N) is 1. The number of hydrogen-bond acceptors (Lipinski definition) is 4. The third-order valence-corrected chi connectivity index (χ3v) is 3.92. The standard InChI is InChI=1S/C14H23N3O/c1-3-14(4-2)10-12(6-8-18-14)17-13-9-11(15)5-7-16-13/h5,7,9,12H,3-4,6,8,10H2,1-2H3,(H3,15,16,17). The van der Waals surface area contributed by atoms with Gasteiger partial charge in [-0.05, 0) is 31.7 Å². The molecule has 1 unspecified atom stereocenters. The second-order valence-electron chi connectivity index (χ2n) is 5.05. The zero-order valence-corrected chi connectivity index (χ0v) is 11.3. The van der Waals surface area contributed by atoms with Crippen LogP contribution in [0.5, 0.6) is 0 Å². The van der Waals surface area contributed by atoms with Crippen molar-refractivity contribution in [3.05, 3.63) is 18.3 Å². The summed E-state index contributed by atoms with van der Waals surface area (Å²) in [7, 11) is 0. The molecule has 1 aromatic heterocycles. The molecule has 0 amide bonds. The van der Waals surface area contributed by atoms with Gasteiger partial charge in [0, 0.05) is 30.6 Å². The molecule has 100 valence electrons. The van der Waals surface area contributed by atoms with Crippen molar-refractivity contribution in [3.63, 3.8) is 0 Å². The van der Waals surface area contributed by atoms with E-state index in [2.05, 4.69) is 24.1 Å². The molecule has 1 atom stereocenters. The lowest BCUT2D eigenvalue weighted by Gasteiger charge is -2.40. The Morgan fingerprint density at radius 1 is 1.50 bits per heavy atom. The van der Waals surface area contributed by atoms with Crippen molar-refractivity contribution in [2.45, 2.75) is 51.2 Å². The third-order valence-electron chi connectivity index (χ3n) is 3.92. The van der Waals surface area contributed by atoms with Gasteiger partial charge in [0.2, 0.25) is 0 Å². The van der Waals surface area contributed by atoms with Gasteiger partial charge < -0.3 is 15.8 Å². The van der Waals surface area contributed by atoms with Crippen LogP contribution >= 0.6 is 0 Å². The molecule has 2 rings (SSSR count). The van der Waals surface area contributed by atoms with Crippen molar-refractivity contribution in [2.75, 3.05) is 17.7 Å². The SMILES string of the molecule is CCC1(CC)CC(Nc2cc(N)ccn2)CCO1. The van der Waals surface area contributed by atoms with E-state index in [1.165, 1.54) is 0 Å². The Bertz CT molecular complexity index is 390. The van der Waals surface area contributed by atoms with E-state index < -0.39 is 0 Å². The number of ether oxygens (including phenoxy) is 1. The van der Waals surface area contributed by atoms with Crippen LogP contribution < -0.4 is 11.1 Å². The Labute approximate surface area is 109 Å². The molecule has 3 N–H and O–H groups in total. The molecule has 1 saturated heterocycles. The first-order chi connectivity index (χ1) is 8.67. The van der Waals surface area contributed by atoms with Crippen molar-refractivity contribution in [1.82, 2.24) is 4.98 Å². The smallest absolute Gasteiger partial charge is 0.128 e. The van der Waals surface area contributed by atoms with E-state index in [4.69, 9.17) is 10.5 Å². The first kappa shape index (κ1) is 13.1. The summed E-state index contributed by atoms with van der Waals surface area (Å²) in [5, 5.41) is 3.47. The van der Waals surface area contributed by atoms with Gasteiger partial charge in [-0.2, -0.15) is 0 Å². The van der Waals surface area contributed by atoms with Gasteiger partial charge in [0.1, 0.15) is 5.82 Å². The van der Waals surface area contributed by atoms with Gasteiger partial charge in [-0.1, -0.05) is 13.8 Å². The van der Waals surface area contributed by atoms with Gasteiger partial charge in [0.15, 0.2) is 0 Å². The van der Waals surface area contributed by atoms with Gasteiger partial charge >= 0.3 is 0 Å². The van der Waals surface area contributed by atoms with Crippen molar-refractivity contribution >= 4 is 11.5 Å². The number of pyridine rings is 1. The zero-order chi connectivity index (χ0) is 13.0. The van der Waals surface area contributed by atoms with Crippen LogP contribution in [-0.2, 0) is 4.74 Å². The molecule has 4 nitrogen and oxygen atoms in total. The highest BCUT2D eigenvalue weighted by atomic mass is 16.5. The summed E-state index contributed by atoms with van der Waals surface area (Å²) in [6.07, 6.45) is 5.93. The summed E-state index contributed by atoms with van der Waals surface area (Å²) in [6, 6.07) is 4.11. The Kier molecular flexibility index (Phi) is 4.07. The molecule has 0 radical (unpaired) electrons. The maximum atomic E-state index is 5.97. The lowest BCUT2D eigenvalue weighted by atomic mass is 9.86. The highest BCUT2D eigenvalue weighted by Crippen LogP contribution is 2.32. The first-order valence-corrected chi connectivity index (χ1v) is 6.79. The number of nitrogens with one attached hydrogen (secondary N) is 1. The van der Waals surface area contributed by atoms with E-state index in [1.807, 2.05) is 6.07 Å². The van der Waals surface area contributed by atoms with Crippen LogP contribution in [0.15, 0.2) is 18.3 Å². The summed E-state index contributed by atoms with van der Waals surface area (Å²) < 4.78 is 5.97. The lowest BCUT2D eigenvalue weighted by molar-refractivity contribution is -0.0864. The number of rotatable bonds is 4. The molecule has 0 bridgehead atoms. The van der Waals surface area contributed by atoms with Crippen LogP contribution in [0.3, 0.4) is 0 Å². The number of nitrogens with two attached hydrogens (primary N) is 1. The predicted octanol–water partition coefficient (Wildman–Crippen LogP) is 2.81. The topological polar surface area (TPSA) is 60.2 Å². The van der Waals surface area contributed by atoms with E-state index in [9.17, 15) is 0 Å². The number of hydrogen-bond donors (Lipinski definition) is 2. The average Bonchev–Trinajstić information content (AvgIpc) is 2.39. The van der Waals surface area contributed by atoms with Crippen LogP contribution in [0.25, 0.3) is 0 Å². The molecule has 1 fully saturated rings. The fourth-order valence-corrected chi connectivity index (χ4v) is 2.63. The summed E-state index contributed by atoms with van der Waals surface area (Å²) in [5.41, 5.74) is 6.55. The van der Waals surface area contributed by atoms with Gasteiger partial charge in [-0.25, -0.2) is 4.98 Å². The minimum Gasteiger partial charge on any atom is -0.399 e. The second-order valence-corrected chi connectivity index (χ2v) is 5.05. The molecular weight excluding hydrogens is 226 g/mol. The Morgan fingerprint density at radius 2 is 2.28 bits per heavy atom. The van der Waals surface area contributed by atoms with Crippen molar-refractivity contribution in [1.29, 1.82) is 0 Å². The highest BCUT2D eigenvalue weighted by molar-refractivity contribution is 5.48. The minimum atomic E-state index is 0.0379. The van der Waals surface area contributed by atoms with Crippen LogP contribution in [0.1, 0.15) is 39.5 Å². The number of anilines is 2. The summed E-state index contributed by atoms with van der Waals surface area (Å²) in [5.74, 6) is 0.864. The van der Waals surface area contributed by atoms with Gasteiger partial charge in [0.05, 0.1) is 5.60 Å². The first-order valence-electron chi connectivity index (χ1n) is 6.79. The molecule has 1 aliphatic rings. The van der Waals surface area contributed by atoms with E-state index in [0.717, 1.165) is 43.8 Å². The van der Waals surface area contributed by atoms with Crippen LogP contribution in [0, 0.1) is 0 Å². The maximum Gasteiger partial charge on any atom is 0.128 e. The number of nitrogen functional groups attached to an aromatic ring is 1. The largest absolute Gasteiger partial charge is 0.399 e. The minimum absolute atomic E-state index is 0.0379. The Balaban J connectivity index is 2.01. The van der Waals surface area contributed by atoms with E-state index in [0.29, 0.717) is 6.04 Å². The van der Waals surface area contributed by atoms with Crippen LogP contribution in [0.2, 0.25) is 0 Å². The molecule has 0 saturated carbocycles. The quantitative estimate of drug-likeness (QED) is 0.861. The molecule has 18 heavy (non-hydrogen) atoms. The monoisotopic (exact) mass is 249 g/mol. The zero-order valence-electron chi connectivity index (χ0n) is 11.3. The molecule has 0 aromatic carbocycles. The normalized spacial score (nSPS) is 22.7. The van der Waals surface area contributed by atoms with Crippen LogP contribution in [0.4, 0.5) is 11.5 Å². The maximum absolute atomic E-state index is 5.97. The van der Waals surface area contributed by atoms with Crippen LogP contribution in [-0.4, -0.2) is 23.2 Å². The third kappa shape index (κ3) is 2.93. The average molecular weight is 249 g/mol. The Hall–Kier alpha value is -1.29. The molecule has 0 spiro atoms. The van der Waals surface area contributed by atoms with E-state index in [1.54, 1.807) is 12.3 Å². The Morgan fingerprint density at radius 3 is 2.94 bits per heavy atom. The lowest BCUT2D eigenvalue weighted by Crippen LogP contribution is -2.43. The van der Waals surface area contributed by atoms with Crippen molar-refractivity contribution < 1.29 is 4.74 Å².